The fourth-order valence-corrected chi connectivity index (χ4v) is 1.76. The van der Waals surface area contributed by atoms with Gasteiger partial charge in [-0.25, -0.2) is 0 Å². The second-order valence-electron chi connectivity index (χ2n) is 3.52. The minimum atomic E-state index is 0.637. The lowest BCUT2D eigenvalue weighted by atomic mass is 9.94. The molecule has 0 fully saturated rings. The van der Waals surface area contributed by atoms with Crippen LogP contribution in [-0.2, 0) is 6.54 Å². The van der Waals surface area contributed by atoms with E-state index in [9.17, 15) is 0 Å². The fourth-order valence-electron chi connectivity index (χ4n) is 1.76. The molecular formula is C8H13N3. The zero-order valence-electron chi connectivity index (χ0n) is 6.99. The summed E-state index contributed by atoms with van der Waals surface area (Å²) in [5, 5.41) is 8.00. The van der Waals surface area contributed by atoms with Gasteiger partial charge in [0.2, 0.25) is 0 Å². The first-order valence-electron chi connectivity index (χ1n) is 4.16. The first kappa shape index (κ1) is 6.83. The van der Waals surface area contributed by atoms with Gasteiger partial charge in [0.1, 0.15) is 12.2 Å². The van der Waals surface area contributed by atoms with E-state index in [1.54, 1.807) is 0 Å². The summed E-state index contributed by atoms with van der Waals surface area (Å²) >= 11 is 0. The summed E-state index contributed by atoms with van der Waals surface area (Å²) in [4.78, 5) is 0. The van der Waals surface area contributed by atoms with Gasteiger partial charge in [-0.2, -0.15) is 0 Å². The highest BCUT2D eigenvalue weighted by Crippen LogP contribution is 2.31. The Morgan fingerprint density at radius 2 is 2.45 bits per heavy atom. The van der Waals surface area contributed by atoms with E-state index in [-0.39, 0.29) is 0 Å². The second kappa shape index (κ2) is 2.32. The van der Waals surface area contributed by atoms with Gasteiger partial charge in [-0.15, -0.1) is 10.2 Å². The van der Waals surface area contributed by atoms with Gasteiger partial charge in [-0.3, -0.25) is 0 Å². The third kappa shape index (κ3) is 0.951. The molecule has 1 aromatic rings. The zero-order valence-corrected chi connectivity index (χ0v) is 6.99. The first-order valence-corrected chi connectivity index (χ1v) is 4.16. The van der Waals surface area contributed by atoms with Gasteiger partial charge in [0.05, 0.1) is 0 Å². The topological polar surface area (TPSA) is 30.7 Å². The predicted octanol–water partition coefficient (Wildman–Crippen LogP) is 1.42. The third-order valence-electron chi connectivity index (χ3n) is 2.46. The van der Waals surface area contributed by atoms with Gasteiger partial charge in [0.15, 0.2) is 0 Å². The van der Waals surface area contributed by atoms with Crippen LogP contribution in [0.4, 0.5) is 0 Å². The van der Waals surface area contributed by atoms with Crippen LogP contribution in [0.25, 0.3) is 0 Å². The lowest BCUT2D eigenvalue weighted by Crippen LogP contribution is -2.03. The average Bonchev–Trinajstić information content (AvgIpc) is 2.41. The normalized spacial score (nSPS) is 22.6. The molecule has 1 atom stereocenters. The van der Waals surface area contributed by atoms with Gasteiger partial charge in [0.25, 0.3) is 0 Å². The van der Waals surface area contributed by atoms with Crippen molar-refractivity contribution in [2.75, 3.05) is 0 Å². The molecule has 0 unspecified atom stereocenters. The molecule has 1 aromatic heterocycles. The zero-order chi connectivity index (χ0) is 7.84. The van der Waals surface area contributed by atoms with Crippen molar-refractivity contribution in [2.45, 2.75) is 32.7 Å². The van der Waals surface area contributed by atoms with Gasteiger partial charge >= 0.3 is 0 Å². The first-order chi connectivity index (χ1) is 5.29. The van der Waals surface area contributed by atoms with Crippen molar-refractivity contribution in [3.05, 3.63) is 12.2 Å². The van der Waals surface area contributed by atoms with Crippen LogP contribution >= 0.6 is 0 Å². The molecule has 3 heteroatoms. The number of aryl methyl sites for hydroxylation is 1. The Morgan fingerprint density at radius 3 is 3.18 bits per heavy atom. The fraction of sp³-hybridized carbons (Fsp3) is 0.750. The Morgan fingerprint density at radius 1 is 1.64 bits per heavy atom. The maximum absolute atomic E-state index is 4.11. The van der Waals surface area contributed by atoms with Crippen LogP contribution in [0.1, 0.15) is 32.0 Å². The lowest BCUT2D eigenvalue weighted by Gasteiger charge is -2.10. The van der Waals surface area contributed by atoms with E-state index >= 15 is 0 Å². The summed E-state index contributed by atoms with van der Waals surface area (Å²) in [6.07, 6.45) is 3.07. The molecule has 1 aliphatic rings. The Balaban J connectivity index is 2.31. The van der Waals surface area contributed by atoms with Crippen molar-refractivity contribution in [1.82, 2.24) is 14.8 Å². The number of fused-ring (bicyclic) bond motifs is 1. The maximum Gasteiger partial charge on any atom is 0.136 e. The van der Waals surface area contributed by atoms with Gasteiger partial charge in [-0.1, -0.05) is 13.8 Å². The Hall–Kier alpha value is -0.860. The molecule has 2 heterocycles. The van der Waals surface area contributed by atoms with Crippen molar-refractivity contribution in [1.29, 1.82) is 0 Å². The highest BCUT2D eigenvalue weighted by Gasteiger charge is 2.26. The molecule has 0 bridgehead atoms. The van der Waals surface area contributed by atoms with E-state index in [1.807, 2.05) is 6.33 Å². The number of hydrogen-bond acceptors (Lipinski definition) is 2. The summed E-state index contributed by atoms with van der Waals surface area (Å²) in [7, 11) is 0. The van der Waals surface area contributed by atoms with Crippen LogP contribution in [0, 0.1) is 5.92 Å². The smallest absolute Gasteiger partial charge is 0.136 e. The van der Waals surface area contributed by atoms with Crippen molar-refractivity contribution in [3.63, 3.8) is 0 Å². The molecule has 0 spiro atoms. The molecule has 0 saturated carbocycles. The van der Waals surface area contributed by atoms with Crippen molar-refractivity contribution < 1.29 is 0 Å². The van der Waals surface area contributed by atoms with Crippen LogP contribution in [-0.4, -0.2) is 14.8 Å². The van der Waals surface area contributed by atoms with E-state index in [4.69, 9.17) is 0 Å². The summed E-state index contributed by atoms with van der Waals surface area (Å²) in [6, 6.07) is 0. The number of aromatic nitrogens is 3. The molecule has 60 valence electrons. The SMILES string of the molecule is CC(C)[C@@H]1CCn2cnnc21. The third-order valence-corrected chi connectivity index (χ3v) is 2.46. The van der Waals surface area contributed by atoms with Crippen LogP contribution in [0.3, 0.4) is 0 Å². The van der Waals surface area contributed by atoms with Crippen LogP contribution < -0.4 is 0 Å². The molecule has 0 saturated heterocycles. The molecule has 1 aliphatic heterocycles. The van der Waals surface area contributed by atoms with Gasteiger partial charge in [-0.05, 0) is 12.3 Å². The lowest BCUT2D eigenvalue weighted by molar-refractivity contribution is 0.484. The number of hydrogen-bond donors (Lipinski definition) is 0. The highest BCUT2D eigenvalue weighted by molar-refractivity contribution is 5.02. The van der Waals surface area contributed by atoms with Gasteiger partial charge < -0.3 is 4.57 Å². The second-order valence-corrected chi connectivity index (χ2v) is 3.52. The molecule has 2 rings (SSSR count). The molecule has 0 radical (unpaired) electrons. The van der Waals surface area contributed by atoms with E-state index in [0.29, 0.717) is 11.8 Å². The molecule has 3 nitrogen and oxygen atoms in total. The van der Waals surface area contributed by atoms with Gasteiger partial charge in [0, 0.05) is 12.5 Å². The van der Waals surface area contributed by atoms with Crippen molar-refractivity contribution >= 4 is 0 Å². The molecule has 0 amide bonds. The maximum atomic E-state index is 4.11. The van der Waals surface area contributed by atoms with Crippen LogP contribution in [0.15, 0.2) is 6.33 Å². The quantitative estimate of drug-likeness (QED) is 0.607. The number of rotatable bonds is 1. The Bertz CT molecular complexity index is 252. The molecule has 0 N–H and O–H groups in total. The minimum Gasteiger partial charge on any atom is -0.317 e. The minimum absolute atomic E-state index is 0.637. The largest absolute Gasteiger partial charge is 0.317 e. The standard InChI is InChI=1S/C8H13N3/c1-6(2)7-3-4-11-5-9-10-8(7)11/h5-7H,3-4H2,1-2H3/t7-/m0/s1. The summed E-state index contributed by atoms with van der Waals surface area (Å²) < 4.78 is 2.16. The van der Waals surface area contributed by atoms with E-state index in [2.05, 4.69) is 28.6 Å². The van der Waals surface area contributed by atoms with E-state index in [0.717, 1.165) is 6.54 Å². The van der Waals surface area contributed by atoms with Crippen molar-refractivity contribution in [2.24, 2.45) is 5.92 Å². The Labute approximate surface area is 66.4 Å². The molecule has 0 aliphatic carbocycles. The number of nitrogens with zero attached hydrogens (tertiary/aromatic N) is 3. The van der Waals surface area contributed by atoms with E-state index in [1.165, 1.54) is 12.2 Å². The molecule has 0 aromatic carbocycles. The van der Waals surface area contributed by atoms with Crippen LogP contribution in [0.5, 0.6) is 0 Å². The predicted molar refractivity (Wildman–Crippen MR) is 42.2 cm³/mol. The molecule has 11 heavy (non-hydrogen) atoms. The Kier molecular flexibility index (Phi) is 1.44. The highest BCUT2D eigenvalue weighted by atomic mass is 15.3. The summed E-state index contributed by atoms with van der Waals surface area (Å²) in [5.41, 5.74) is 0. The summed E-state index contributed by atoms with van der Waals surface area (Å²) in [6.45, 7) is 5.59. The van der Waals surface area contributed by atoms with E-state index < -0.39 is 0 Å². The summed E-state index contributed by atoms with van der Waals surface area (Å²) in [5.74, 6) is 2.51. The van der Waals surface area contributed by atoms with Crippen LogP contribution in [0.2, 0.25) is 0 Å². The monoisotopic (exact) mass is 151 g/mol. The van der Waals surface area contributed by atoms with Crippen molar-refractivity contribution in [3.8, 4) is 0 Å². The molecular weight excluding hydrogens is 138 g/mol. The average molecular weight is 151 g/mol.